The number of carbonyl (C=O) groups excluding carboxylic acids is 1. The van der Waals surface area contributed by atoms with Crippen LogP contribution in [0.25, 0.3) is 0 Å². The third-order valence-corrected chi connectivity index (χ3v) is 5.01. The number of aryl methyl sites for hydroxylation is 1. The lowest BCUT2D eigenvalue weighted by atomic mass is 9.89. The number of hydrogen-bond donors (Lipinski definition) is 1. The van der Waals surface area contributed by atoms with Crippen LogP contribution >= 0.6 is 11.6 Å². The predicted octanol–water partition coefficient (Wildman–Crippen LogP) is 3.59. The van der Waals surface area contributed by atoms with Crippen LogP contribution < -0.4 is 5.32 Å². The van der Waals surface area contributed by atoms with E-state index in [4.69, 9.17) is 11.6 Å². The molecule has 2 aromatic rings. The Kier molecular flexibility index (Phi) is 5.63. The Hall–Kier alpha value is -2.01. The Morgan fingerprint density at radius 3 is 2.80 bits per heavy atom. The number of halogens is 1. The number of benzene rings is 1. The van der Waals surface area contributed by atoms with Crippen LogP contribution in [0, 0.1) is 0 Å². The summed E-state index contributed by atoms with van der Waals surface area (Å²) < 4.78 is 1.78. The van der Waals surface area contributed by atoms with Crippen LogP contribution in [0.15, 0.2) is 36.7 Å². The molecule has 0 aliphatic carbocycles. The van der Waals surface area contributed by atoms with E-state index in [0.717, 1.165) is 42.9 Å². The largest absolute Gasteiger partial charge is 0.335 e. The second-order valence-electron chi connectivity index (χ2n) is 6.89. The number of aromatic nitrogens is 2. The molecular formula is C19H25ClN4O. The zero-order valence-electron chi connectivity index (χ0n) is 14.8. The molecule has 0 saturated carbocycles. The van der Waals surface area contributed by atoms with Crippen LogP contribution in [0.2, 0.25) is 5.02 Å². The number of hydrogen-bond acceptors (Lipinski definition) is 2. The van der Waals surface area contributed by atoms with Crippen LogP contribution in [0.1, 0.15) is 36.8 Å². The molecule has 1 aromatic carbocycles. The maximum atomic E-state index is 12.5. The molecule has 5 nitrogen and oxygen atoms in total. The number of amides is 2. The average Bonchev–Trinajstić information content (AvgIpc) is 2.99. The van der Waals surface area contributed by atoms with Crippen LogP contribution in [0.3, 0.4) is 0 Å². The number of carbonyl (C=O) groups is 1. The highest BCUT2D eigenvalue weighted by molar-refractivity contribution is 6.30. The molecule has 2 amide bonds. The average molecular weight is 361 g/mol. The van der Waals surface area contributed by atoms with Crippen molar-refractivity contribution in [2.75, 3.05) is 13.1 Å². The first-order valence-electron chi connectivity index (χ1n) is 8.79. The van der Waals surface area contributed by atoms with E-state index in [1.807, 2.05) is 49.5 Å². The van der Waals surface area contributed by atoms with Crippen molar-refractivity contribution >= 4 is 17.6 Å². The molecule has 0 bridgehead atoms. The number of piperidine rings is 1. The maximum absolute atomic E-state index is 12.5. The minimum Gasteiger partial charge on any atom is -0.335 e. The quantitative estimate of drug-likeness (QED) is 0.905. The maximum Gasteiger partial charge on any atom is 0.317 e. The van der Waals surface area contributed by atoms with Crippen molar-refractivity contribution in [1.29, 1.82) is 0 Å². The molecule has 1 aromatic heterocycles. The first kappa shape index (κ1) is 17.8. The molecule has 6 heteroatoms. The van der Waals surface area contributed by atoms with Gasteiger partial charge in [-0.2, -0.15) is 5.10 Å². The van der Waals surface area contributed by atoms with Gasteiger partial charge in [0, 0.05) is 37.4 Å². The first-order valence-corrected chi connectivity index (χ1v) is 9.17. The van der Waals surface area contributed by atoms with Crippen molar-refractivity contribution in [3.63, 3.8) is 0 Å². The third-order valence-electron chi connectivity index (χ3n) is 4.77. The summed E-state index contributed by atoms with van der Waals surface area (Å²) in [6.45, 7) is 3.59. The number of nitrogens with one attached hydrogen (secondary N) is 1. The second kappa shape index (κ2) is 7.91. The van der Waals surface area contributed by atoms with Gasteiger partial charge >= 0.3 is 6.03 Å². The van der Waals surface area contributed by atoms with Gasteiger partial charge in [0.05, 0.1) is 6.20 Å². The Labute approximate surface area is 154 Å². The van der Waals surface area contributed by atoms with Crippen molar-refractivity contribution in [1.82, 2.24) is 20.0 Å². The van der Waals surface area contributed by atoms with Crippen molar-refractivity contribution in [2.24, 2.45) is 7.05 Å². The normalized spacial score (nSPS) is 16.7. The molecule has 2 heterocycles. The van der Waals surface area contributed by atoms with Crippen molar-refractivity contribution in [3.05, 3.63) is 52.8 Å². The van der Waals surface area contributed by atoms with E-state index >= 15 is 0 Å². The van der Waals surface area contributed by atoms with Gasteiger partial charge in [0.1, 0.15) is 0 Å². The number of nitrogens with zero attached hydrogens (tertiary/aromatic N) is 3. The fourth-order valence-corrected chi connectivity index (χ4v) is 3.66. The summed E-state index contributed by atoms with van der Waals surface area (Å²) in [6, 6.07) is 8.18. The summed E-state index contributed by atoms with van der Waals surface area (Å²) in [5, 5.41) is 8.05. The Bertz CT molecular complexity index is 722. The van der Waals surface area contributed by atoms with Gasteiger partial charge in [0.25, 0.3) is 0 Å². The van der Waals surface area contributed by atoms with E-state index < -0.39 is 0 Å². The Balaban J connectivity index is 1.48. The van der Waals surface area contributed by atoms with Crippen molar-refractivity contribution in [2.45, 2.75) is 38.1 Å². The molecule has 1 fully saturated rings. The van der Waals surface area contributed by atoms with E-state index in [2.05, 4.69) is 16.5 Å². The zero-order valence-corrected chi connectivity index (χ0v) is 15.5. The number of rotatable bonds is 4. The second-order valence-corrected chi connectivity index (χ2v) is 7.33. The smallest absolute Gasteiger partial charge is 0.317 e. The van der Waals surface area contributed by atoms with Gasteiger partial charge in [-0.25, -0.2) is 4.79 Å². The molecule has 25 heavy (non-hydrogen) atoms. The highest BCUT2D eigenvalue weighted by Gasteiger charge is 2.24. The summed E-state index contributed by atoms with van der Waals surface area (Å²) in [5.41, 5.74) is 2.41. The van der Waals surface area contributed by atoms with Crippen LogP contribution in [-0.4, -0.2) is 39.8 Å². The molecule has 3 rings (SSSR count). The van der Waals surface area contributed by atoms with E-state index in [9.17, 15) is 4.79 Å². The molecule has 1 unspecified atom stereocenters. The predicted molar refractivity (Wildman–Crippen MR) is 99.9 cm³/mol. The topological polar surface area (TPSA) is 50.2 Å². The molecule has 1 N–H and O–H groups in total. The van der Waals surface area contributed by atoms with Gasteiger partial charge in [0.2, 0.25) is 0 Å². The molecular weight excluding hydrogens is 336 g/mol. The molecule has 1 atom stereocenters. The van der Waals surface area contributed by atoms with E-state index in [0.29, 0.717) is 5.92 Å². The van der Waals surface area contributed by atoms with Crippen LogP contribution in [0.4, 0.5) is 4.79 Å². The SMILES string of the molecule is CC(Cc1cnn(C)c1)NC(=O)N1CCC(c2cccc(Cl)c2)CC1. The van der Waals surface area contributed by atoms with Gasteiger partial charge in [-0.1, -0.05) is 23.7 Å². The lowest BCUT2D eigenvalue weighted by molar-refractivity contribution is 0.178. The summed E-state index contributed by atoms with van der Waals surface area (Å²) in [5.74, 6) is 0.482. The minimum atomic E-state index is 0.0286. The molecule has 1 aliphatic heterocycles. The van der Waals surface area contributed by atoms with E-state index in [1.54, 1.807) is 4.68 Å². The highest BCUT2D eigenvalue weighted by Crippen LogP contribution is 2.29. The summed E-state index contributed by atoms with van der Waals surface area (Å²) >= 11 is 6.09. The molecule has 1 aliphatic rings. The fraction of sp³-hybridized carbons (Fsp3) is 0.474. The summed E-state index contributed by atoms with van der Waals surface area (Å²) in [7, 11) is 1.90. The van der Waals surface area contributed by atoms with E-state index in [1.165, 1.54) is 5.56 Å². The third kappa shape index (κ3) is 4.75. The van der Waals surface area contributed by atoms with Gasteiger partial charge in [-0.3, -0.25) is 4.68 Å². The van der Waals surface area contributed by atoms with Gasteiger partial charge in [0.15, 0.2) is 0 Å². The standard InChI is InChI=1S/C19H25ClN4O/c1-14(10-15-12-21-23(2)13-15)22-19(25)24-8-6-16(7-9-24)17-4-3-5-18(20)11-17/h3-5,11-14,16H,6-10H2,1-2H3,(H,22,25). The van der Waals surface area contributed by atoms with Gasteiger partial charge in [-0.05, 0) is 55.4 Å². The lowest BCUT2D eigenvalue weighted by Crippen LogP contribution is -2.47. The van der Waals surface area contributed by atoms with Crippen molar-refractivity contribution in [3.8, 4) is 0 Å². The van der Waals surface area contributed by atoms with Gasteiger partial charge < -0.3 is 10.2 Å². The zero-order chi connectivity index (χ0) is 17.8. The number of urea groups is 1. The Morgan fingerprint density at radius 1 is 1.40 bits per heavy atom. The number of likely N-dealkylation sites (tertiary alicyclic amines) is 1. The van der Waals surface area contributed by atoms with E-state index in [-0.39, 0.29) is 12.1 Å². The summed E-state index contributed by atoms with van der Waals surface area (Å²) in [6.07, 6.45) is 6.58. The minimum absolute atomic E-state index is 0.0286. The Morgan fingerprint density at radius 2 is 2.16 bits per heavy atom. The first-order chi connectivity index (χ1) is 12.0. The molecule has 0 spiro atoms. The van der Waals surface area contributed by atoms with Crippen LogP contribution in [0.5, 0.6) is 0 Å². The highest BCUT2D eigenvalue weighted by atomic mass is 35.5. The lowest BCUT2D eigenvalue weighted by Gasteiger charge is -2.33. The fourth-order valence-electron chi connectivity index (χ4n) is 3.46. The van der Waals surface area contributed by atoms with Gasteiger partial charge in [-0.15, -0.1) is 0 Å². The van der Waals surface area contributed by atoms with Crippen LogP contribution in [-0.2, 0) is 13.5 Å². The van der Waals surface area contributed by atoms with Crippen molar-refractivity contribution < 1.29 is 4.79 Å². The monoisotopic (exact) mass is 360 g/mol. The molecule has 0 radical (unpaired) electrons. The molecule has 134 valence electrons. The molecule has 1 saturated heterocycles. The summed E-state index contributed by atoms with van der Waals surface area (Å²) in [4.78, 5) is 14.4.